The quantitative estimate of drug-likeness (QED) is 0.941. The number of halogens is 2. The molecule has 3 nitrogen and oxygen atoms in total. The summed E-state index contributed by atoms with van der Waals surface area (Å²) in [5.41, 5.74) is 0.541. The van der Waals surface area contributed by atoms with Gasteiger partial charge in [0.2, 0.25) is 0 Å². The number of rotatable bonds is 3. The third-order valence-corrected chi connectivity index (χ3v) is 4.06. The molecule has 0 amide bonds. The summed E-state index contributed by atoms with van der Waals surface area (Å²) >= 11 is 0. The summed E-state index contributed by atoms with van der Waals surface area (Å²) in [6.45, 7) is 1.50. The molecule has 0 aromatic heterocycles. The van der Waals surface area contributed by atoms with Crippen molar-refractivity contribution in [2.24, 2.45) is 0 Å². The zero-order valence-corrected chi connectivity index (χ0v) is 10.8. The van der Waals surface area contributed by atoms with E-state index in [1.165, 1.54) is 25.1 Å². The predicted molar refractivity (Wildman–Crippen MR) is 68.3 cm³/mol. The van der Waals surface area contributed by atoms with Crippen LogP contribution in [-0.2, 0) is 10.0 Å². The number of anilines is 1. The molecule has 0 heterocycles. The van der Waals surface area contributed by atoms with Gasteiger partial charge in [-0.15, -0.1) is 0 Å². The van der Waals surface area contributed by atoms with Crippen LogP contribution in [0.4, 0.5) is 14.5 Å². The van der Waals surface area contributed by atoms with Gasteiger partial charge in [0.1, 0.15) is 11.6 Å². The highest BCUT2D eigenvalue weighted by Crippen LogP contribution is 2.20. The molecular formula is C13H11F2NO2S. The molecule has 0 aliphatic heterocycles. The van der Waals surface area contributed by atoms with Crippen molar-refractivity contribution in [2.45, 2.75) is 11.8 Å². The van der Waals surface area contributed by atoms with E-state index in [9.17, 15) is 17.2 Å². The first-order valence-electron chi connectivity index (χ1n) is 5.43. The summed E-state index contributed by atoms with van der Waals surface area (Å²) in [5.74, 6) is -0.959. The van der Waals surface area contributed by atoms with Gasteiger partial charge in [-0.1, -0.05) is 0 Å². The summed E-state index contributed by atoms with van der Waals surface area (Å²) < 4.78 is 52.2. The van der Waals surface area contributed by atoms with Gasteiger partial charge in [-0.2, -0.15) is 0 Å². The fourth-order valence-corrected chi connectivity index (χ4v) is 2.93. The third-order valence-electron chi connectivity index (χ3n) is 2.52. The maximum atomic E-state index is 13.0. The number of hydrogen-bond donors (Lipinski definition) is 1. The summed E-state index contributed by atoms with van der Waals surface area (Å²) in [6.07, 6.45) is 0. The monoisotopic (exact) mass is 283 g/mol. The minimum absolute atomic E-state index is 0.0155. The van der Waals surface area contributed by atoms with Gasteiger partial charge >= 0.3 is 0 Å². The van der Waals surface area contributed by atoms with Crippen LogP contribution < -0.4 is 4.72 Å². The summed E-state index contributed by atoms with van der Waals surface area (Å²) in [6, 6.07) is 8.32. The predicted octanol–water partition coefficient (Wildman–Crippen LogP) is 3.07. The van der Waals surface area contributed by atoms with E-state index >= 15 is 0 Å². The van der Waals surface area contributed by atoms with Crippen molar-refractivity contribution in [3.8, 4) is 0 Å². The minimum Gasteiger partial charge on any atom is -0.280 e. The second-order valence-electron chi connectivity index (χ2n) is 4.02. The van der Waals surface area contributed by atoms with Gasteiger partial charge in [0.15, 0.2) is 0 Å². The highest BCUT2D eigenvalue weighted by molar-refractivity contribution is 7.92. The molecule has 0 atom stereocenters. The van der Waals surface area contributed by atoms with Gasteiger partial charge < -0.3 is 0 Å². The molecule has 100 valence electrons. The van der Waals surface area contributed by atoms with E-state index < -0.39 is 21.7 Å². The van der Waals surface area contributed by atoms with Crippen LogP contribution in [0.2, 0.25) is 0 Å². The molecule has 1 N–H and O–H groups in total. The Labute approximate surface area is 109 Å². The summed E-state index contributed by atoms with van der Waals surface area (Å²) in [7, 11) is -3.81. The minimum atomic E-state index is -3.81. The lowest BCUT2D eigenvalue weighted by Crippen LogP contribution is -2.14. The Morgan fingerprint density at radius 1 is 0.947 bits per heavy atom. The van der Waals surface area contributed by atoms with Gasteiger partial charge in [0, 0.05) is 5.69 Å². The number of hydrogen-bond acceptors (Lipinski definition) is 2. The molecular weight excluding hydrogens is 272 g/mol. The van der Waals surface area contributed by atoms with Gasteiger partial charge in [-0.05, 0) is 55.0 Å². The fourth-order valence-electron chi connectivity index (χ4n) is 1.64. The van der Waals surface area contributed by atoms with Crippen LogP contribution in [0.25, 0.3) is 0 Å². The lowest BCUT2D eigenvalue weighted by Gasteiger charge is -2.10. The highest BCUT2D eigenvalue weighted by atomic mass is 32.2. The number of benzene rings is 2. The Balaban J connectivity index is 2.35. The molecule has 0 saturated carbocycles. The van der Waals surface area contributed by atoms with Crippen molar-refractivity contribution in [1.29, 1.82) is 0 Å². The van der Waals surface area contributed by atoms with Crippen LogP contribution in [0.1, 0.15) is 5.56 Å². The molecule has 0 aliphatic rings. The second-order valence-corrected chi connectivity index (χ2v) is 5.67. The van der Waals surface area contributed by atoms with Crippen LogP contribution in [0.3, 0.4) is 0 Å². The first-order valence-corrected chi connectivity index (χ1v) is 6.91. The van der Waals surface area contributed by atoms with E-state index in [0.29, 0.717) is 5.56 Å². The molecule has 2 rings (SSSR count). The highest BCUT2D eigenvalue weighted by Gasteiger charge is 2.17. The standard InChI is InChI=1S/C13H11F2NO2S/c1-9-8-11(15)4-7-13(9)19(17,18)16-12-5-2-10(14)3-6-12/h2-8,16H,1H3. The zero-order valence-electron chi connectivity index (χ0n) is 10.0. The van der Waals surface area contributed by atoms with E-state index in [2.05, 4.69) is 4.72 Å². The molecule has 0 bridgehead atoms. The third kappa shape index (κ3) is 3.08. The molecule has 19 heavy (non-hydrogen) atoms. The number of aryl methyl sites for hydroxylation is 1. The summed E-state index contributed by atoms with van der Waals surface area (Å²) in [4.78, 5) is -0.0155. The number of nitrogens with one attached hydrogen (secondary N) is 1. The first-order chi connectivity index (χ1) is 8.88. The van der Waals surface area contributed by atoms with E-state index in [-0.39, 0.29) is 10.6 Å². The second kappa shape index (κ2) is 4.97. The fraction of sp³-hybridized carbons (Fsp3) is 0.0769. The average Bonchev–Trinajstić information content (AvgIpc) is 2.31. The van der Waals surface area contributed by atoms with E-state index in [1.54, 1.807) is 0 Å². The van der Waals surface area contributed by atoms with Crippen LogP contribution in [0, 0.1) is 18.6 Å². The van der Waals surface area contributed by atoms with E-state index in [0.717, 1.165) is 24.3 Å². The van der Waals surface area contributed by atoms with Crippen LogP contribution in [0.5, 0.6) is 0 Å². The molecule has 2 aromatic rings. The maximum Gasteiger partial charge on any atom is 0.262 e. The lowest BCUT2D eigenvalue weighted by molar-refractivity contribution is 0.598. The van der Waals surface area contributed by atoms with Crippen molar-refractivity contribution in [3.63, 3.8) is 0 Å². The van der Waals surface area contributed by atoms with Crippen LogP contribution >= 0.6 is 0 Å². The molecule has 0 aliphatic carbocycles. The molecule has 0 saturated heterocycles. The molecule has 2 aromatic carbocycles. The van der Waals surface area contributed by atoms with Gasteiger partial charge in [0.05, 0.1) is 4.90 Å². The van der Waals surface area contributed by atoms with Gasteiger partial charge in [-0.3, -0.25) is 4.72 Å². The Bertz CT molecular complexity index is 697. The summed E-state index contributed by atoms with van der Waals surface area (Å²) in [5, 5.41) is 0. The van der Waals surface area contributed by atoms with E-state index in [4.69, 9.17) is 0 Å². The Kier molecular flexibility index (Phi) is 3.53. The topological polar surface area (TPSA) is 46.2 Å². The van der Waals surface area contributed by atoms with Gasteiger partial charge in [0.25, 0.3) is 10.0 Å². The molecule has 0 spiro atoms. The molecule has 0 fully saturated rings. The first kappa shape index (κ1) is 13.5. The Morgan fingerprint density at radius 2 is 1.53 bits per heavy atom. The van der Waals surface area contributed by atoms with Crippen LogP contribution in [-0.4, -0.2) is 8.42 Å². The van der Waals surface area contributed by atoms with Crippen molar-refractivity contribution < 1.29 is 17.2 Å². The molecule has 0 radical (unpaired) electrons. The maximum absolute atomic E-state index is 13.0. The van der Waals surface area contributed by atoms with Crippen molar-refractivity contribution in [1.82, 2.24) is 0 Å². The normalized spacial score (nSPS) is 11.3. The van der Waals surface area contributed by atoms with Crippen molar-refractivity contribution in [2.75, 3.05) is 4.72 Å². The molecule has 0 unspecified atom stereocenters. The zero-order chi connectivity index (χ0) is 14.0. The van der Waals surface area contributed by atoms with Crippen LogP contribution in [0.15, 0.2) is 47.4 Å². The Hall–Kier alpha value is -1.95. The largest absolute Gasteiger partial charge is 0.280 e. The van der Waals surface area contributed by atoms with Gasteiger partial charge in [-0.25, -0.2) is 17.2 Å². The van der Waals surface area contributed by atoms with E-state index in [1.807, 2.05) is 0 Å². The van der Waals surface area contributed by atoms with Crippen molar-refractivity contribution in [3.05, 3.63) is 59.7 Å². The smallest absolute Gasteiger partial charge is 0.262 e. The van der Waals surface area contributed by atoms with Crippen molar-refractivity contribution >= 4 is 15.7 Å². The Morgan fingerprint density at radius 3 is 2.11 bits per heavy atom. The lowest BCUT2D eigenvalue weighted by atomic mass is 10.2. The number of sulfonamides is 1. The SMILES string of the molecule is Cc1cc(F)ccc1S(=O)(=O)Nc1ccc(F)cc1. The average molecular weight is 283 g/mol. The molecule has 6 heteroatoms.